The first-order chi connectivity index (χ1) is 9.26. The minimum Gasteiger partial charge on any atom is -0.359 e. The summed E-state index contributed by atoms with van der Waals surface area (Å²) < 4.78 is 0. The van der Waals surface area contributed by atoms with Crippen LogP contribution >= 0.6 is 0 Å². The standard InChI is InChI=1S/C14H30N4O/c1-16-14(19)6-11-18-10-5-9-17(12-13-18)8-4-2-3-7-15/h2-13,15H2,1H3,(H,16,19). The van der Waals surface area contributed by atoms with Gasteiger partial charge in [0.05, 0.1) is 0 Å². The second-order valence-electron chi connectivity index (χ2n) is 5.31. The maximum atomic E-state index is 11.2. The molecule has 0 spiro atoms. The van der Waals surface area contributed by atoms with Gasteiger partial charge in [-0.05, 0) is 45.4 Å². The van der Waals surface area contributed by atoms with Gasteiger partial charge in [-0.1, -0.05) is 6.42 Å². The quantitative estimate of drug-likeness (QED) is 0.621. The maximum absolute atomic E-state index is 11.2. The van der Waals surface area contributed by atoms with E-state index in [0.717, 1.165) is 39.1 Å². The van der Waals surface area contributed by atoms with Crippen LogP contribution in [0.1, 0.15) is 32.1 Å². The molecule has 0 aromatic rings. The van der Waals surface area contributed by atoms with Gasteiger partial charge in [0.1, 0.15) is 0 Å². The third kappa shape index (κ3) is 7.50. The maximum Gasteiger partial charge on any atom is 0.221 e. The van der Waals surface area contributed by atoms with Crippen molar-refractivity contribution in [2.24, 2.45) is 5.73 Å². The Morgan fingerprint density at radius 2 is 1.74 bits per heavy atom. The average Bonchev–Trinajstić information content (AvgIpc) is 2.66. The van der Waals surface area contributed by atoms with Gasteiger partial charge >= 0.3 is 0 Å². The minimum atomic E-state index is 0.142. The van der Waals surface area contributed by atoms with Crippen molar-refractivity contribution in [3.63, 3.8) is 0 Å². The largest absolute Gasteiger partial charge is 0.359 e. The van der Waals surface area contributed by atoms with Crippen molar-refractivity contribution < 1.29 is 4.79 Å². The molecule has 0 bridgehead atoms. The van der Waals surface area contributed by atoms with Gasteiger partial charge in [-0.15, -0.1) is 0 Å². The van der Waals surface area contributed by atoms with Crippen LogP contribution < -0.4 is 11.1 Å². The van der Waals surface area contributed by atoms with Crippen LogP contribution in [0.2, 0.25) is 0 Å². The van der Waals surface area contributed by atoms with Crippen LogP contribution in [-0.2, 0) is 4.79 Å². The predicted molar refractivity (Wildman–Crippen MR) is 79.1 cm³/mol. The van der Waals surface area contributed by atoms with Crippen LogP contribution in [0.5, 0.6) is 0 Å². The van der Waals surface area contributed by atoms with Gasteiger partial charge in [-0.3, -0.25) is 4.79 Å². The molecule has 0 unspecified atom stereocenters. The number of rotatable bonds is 8. The summed E-state index contributed by atoms with van der Waals surface area (Å²) in [4.78, 5) is 16.2. The monoisotopic (exact) mass is 270 g/mol. The summed E-state index contributed by atoms with van der Waals surface area (Å²) in [5, 5.41) is 2.68. The van der Waals surface area contributed by atoms with Gasteiger partial charge in [0.2, 0.25) is 5.91 Å². The first-order valence-corrected chi connectivity index (χ1v) is 7.61. The molecule has 1 aliphatic heterocycles. The van der Waals surface area contributed by atoms with Crippen molar-refractivity contribution >= 4 is 5.91 Å². The van der Waals surface area contributed by atoms with Crippen LogP contribution in [-0.4, -0.2) is 68.6 Å². The lowest BCUT2D eigenvalue weighted by molar-refractivity contribution is -0.120. The molecule has 0 saturated carbocycles. The van der Waals surface area contributed by atoms with Crippen LogP contribution in [0, 0.1) is 0 Å². The number of unbranched alkanes of at least 4 members (excludes halogenated alkanes) is 2. The number of carbonyl (C=O) groups is 1. The smallest absolute Gasteiger partial charge is 0.221 e. The van der Waals surface area contributed by atoms with Crippen molar-refractivity contribution in [3.8, 4) is 0 Å². The molecule has 0 aromatic carbocycles. The number of nitrogens with two attached hydrogens (primary N) is 1. The van der Waals surface area contributed by atoms with E-state index < -0.39 is 0 Å². The first kappa shape index (κ1) is 16.4. The molecule has 0 atom stereocenters. The summed E-state index contributed by atoms with van der Waals surface area (Å²) in [6.45, 7) is 7.44. The predicted octanol–water partition coefficient (Wildman–Crippen LogP) is 0.259. The zero-order valence-corrected chi connectivity index (χ0v) is 12.4. The number of hydrogen-bond acceptors (Lipinski definition) is 4. The highest BCUT2D eigenvalue weighted by Crippen LogP contribution is 2.06. The molecule has 1 rings (SSSR count). The van der Waals surface area contributed by atoms with E-state index in [-0.39, 0.29) is 5.91 Å². The Hall–Kier alpha value is -0.650. The van der Waals surface area contributed by atoms with Gasteiger partial charge in [0.15, 0.2) is 0 Å². The molecule has 1 fully saturated rings. The van der Waals surface area contributed by atoms with E-state index in [1.165, 1.54) is 32.4 Å². The number of hydrogen-bond donors (Lipinski definition) is 2. The number of nitrogens with one attached hydrogen (secondary N) is 1. The Labute approximate surface area is 117 Å². The summed E-state index contributed by atoms with van der Waals surface area (Å²) in [6.07, 6.45) is 5.48. The van der Waals surface area contributed by atoms with Gasteiger partial charge < -0.3 is 20.9 Å². The molecule has 0 aromatic heterocycles. The summed E-state index contributed by atoms with van der Waals surface area (Å²) >= 11 is 0. The van der Waals surface area contributed by atoms with E-state index >= 15 is 0 Å². The normalized spacial score (nSPS) is 18.2. The Bertz CT molecular complexity index is 248. The second-order valence-corrected chi connectivity index (χ2v) is 5.31. The lowest BCUT2D eigenvalue weighted by Gasteiger charge is -2.21. The van der Waals surface area contributed by atoms with Crippen LogP contribution in [0.3, 0.4) is 0 Å². The van der Waals surface area contributed by atoms with Crippen LogP contribution in [0.25, 0.3) is 0 Å². The van der Waals surface area contributed by atoms with Crippen molar-refractivity contribution in [1.29, 1.82) is 0 Å². The van der Waals surface area contributed by atoms with Crippen molar-refractivity contribution in [3.05, 3.63) is 0 Å². The number of nitrogens with zero attached hydrogens (tertiary/aromatic N) is 2. The van der Waals surface area contributed by atoms with E-state index in [4.69, 9.17) is 5.73 Å². The third-order valence-electron chi connectivity index (χ3n) is 3.79. The summed E-state index contributed by atoms with van der Waals surface area (Å²) in [5.74, 6) is 0.142. The van der Waals surface area contributed by atoms with E-state index in [0.29, 0.717) is 6.42 Å². The van der Waals surface area contributed by atoms with E-state index in [9.17, 15) is 4.79 Å². The Morgan fingerprint density at radius 1 is 1.05 bits per heavy atom. The highest BCUT2D eigenvalue weighted by atomic mass is 16.1. The van der Waals surface area contributed by atoms with Crippen LogP contribution in [0.15, 0.2) is 0 Å². The SMILES string of the molecule is CNC(=O)CCN1CCCN(CCCCCN)CC1. The van der Waals surface area contributed by atoms with Gasteiger partial charge in [0, 0.05) is 33.1 Å². The van der Waals surface area contributed by atoms with Crippen molar-refractivity contribution in [2.75, 3.05) is 52.9 Å². The lowest BCUT2D eigenvalue weighted by Crippen LogP contribution is -2.33. The van der Waals surface area contributed by atoms with E-state index in [1.54, 1.807) is 7.05 Å². The minimum absolute atomic E-state index is 0.142. The summed E-state index contributed by atoms with van der Waals surface area (Å²) in [5.41, 5.74) is 5.51. The molecule has 19 heavy (non-hydrogen) atoms. The highest BCUT2D eigenvalue weighted by Gasteiger charge is 2.14. The number of amides is 1. The molecule has 1 amide bonds. The fourth-order valence-corrected chi connectivity index (χ4v) is 2.51. The van der Waals surface area contributed by atoms with Gasteiger partial charge in [-0.25, -0.2) is 0 Å². The molecule has 3 N–H and O–H groups in total. The zero-order valence-electron chi connectivity index (χ0n) is 12.4. The zero-order chi connectivity index (χ0) is 13.9. The molecule has 112 valence electrons. The Morgan fingerprint density at radius 3 is 2.37 bits per heavy atom. The molecular formula is C14H30N4O. The molecular weight excluding hydrogens is 240 g/mol. The molecule has 5 nitrogen and oxygen atoms in total. The molecule has 0 radical (unpaired) electrons. The Balaban J connectivity index is 2.14. The molecule has 0 aliphatic carbocycles. The molecule has 1 saturated heterocycles. The van der Waals surface area contributed by atoms with E-state index in [1.807, 2.05) is 0 Å². The third-order valence-corrected chi connectivity index (χ3v) is 3.79. The molecule has 5 heteroatoms. The van der Waals surface area contributed by atoms with Crippen molar-refractivity contribution in [2.45, 2.75) is 32.1 Å². The molecule has 1 aliphatic rings. The highest BCUT2D eigenvalue weighted by molar-refractivity contribution is 5.75. The van der Waals surface area contributed by atoms with Crippen LogP contribution in [0.4, 0.5) is 0 Å². The average molecular weight is 270 g/mol. The second kappa shape index (κ2) is 10.2. The van der Waals surface area contributed by atoms with Gasteiger partial charge in [-0.2, -0.15) is 0 Å². The fourth-order valence-electron chi connectivity index (χ4n) is 2.51. The molecule has 1 heterocycles. The van der Waals surface area contributed by atoms with E-state index in [2.05, 4.69) is 15.1 Å². The first-order valence-electron chi connectivity index (χ1n) is 7.61. The Kier molecular flexibility index (Phi) is 8.79. The number of carbonyl (C=O) groups excluding carboxylic acids is 1. The van der Waals surface area contributed by atoms with Crippen molar-refractivity contribution in [1.82, 2.24) is 15.1 Å². The van der Waals surface area contributed by atoms with Gasteiger partial charge in [0.25, 0.3) is 0 Å². The topological polar surface area (TPSA) is 61.6 Å². The summed E-state index contributed by atoms with van der Waals surface area (Å²) in [6, 6.07) is 0. The fraction of sp³-hybridized carbons (Fsp3) is 0.929. The lowest BCUT2D eigenvalue weighted by atomic mass is 10.2. The summed E-state index contributed by atoms with van der Waals surface area (Å²) in [7, 11) is 1.70.